The Balaban J connectivity index is 2.14. The van der Waals surface area contributed by atoms with Gasteiger partial charge in [-0.3, -0.25) is 4.79 Å². The van der Waals surface area contributed by atoms with Gasteiger partial charge in [0.25, 0.3) is 5.91 Å². The predicted octanol–water partition coefficient (Wildman–Crippen LogP) is 2.25. The molecule has 1 aromatic carbocycles. The lowest BCUT2D eigenvalue weighted by atomic mass is 9.90. The molecule has 1 aliphatic rings. The van der Waals surface area contributed by atoms with Gasteiger partial charge in [0.15, 0.2) is 0 Å². The van der Waals surface area contributed by atoms with E-state index in [1.807, 2.05) is 19.9 Å². The Morgan fingerprint density at radius 2 is 2.18 bits per heavy atom. The molecule has 1 saturated heterocycles. The summed E-state index contributed by atoms with van der Waals surface area (Å²) in [6.07, 6.45) is 0.672. The van der Waals surface area contributed by atoms with Crippen molar-refractivity contribution in [1.82, 2.24) is 4.90 Å². The van der Waals surface area contributed by atoms with Crippen LogP contribution in [0.15, 0.2) is 18.2 Å². The van der Waals surface area contributed by atoms with Crippen LogP contribution in [-0.4, -0.2) is 34.6 Å². The van der Waals surface area contributed by atoms with E-state index in [4.69, 9.17) is 11.6 Å². The molecule has 0 radical (unpaired) electrons. The highest BCUT2D eigenvalue weighted by molar-refractivity contribution is 6.31. The van der Waals surface area contributed by atoms with Crippen LogP contribution in [0.3, 0.4) is 0 Å². The zero-order valence-electron chi connectivity index (χ0n) is 10.0. The molecule has 92 valence electrons. The first-order chi connectivity index (χ1) is 7.95. The first kappa shape index (κ1) is 12.4. The summed E-state index contributed by atoms with van der Waals surface area (Å²) in [7, 11) is 0. The lowest BCUT2D eigenvalue weighted by Crippen LogP contribution is -2.63. The molecule has 1 amide bonds. The zero-order valence-corrected chi connectivity index (χ0v) is 10.8. The highest BCUT2D eigenvalue weighted by atomic mass is 35.5. The minimum absolute atomic E-state index is 0.0527. The maximum Gasteiger partial charge on any atom is 0.254 e. The van der Waals surface area contributed by atoms with Crippen LogP contribution in [0, 0.1) is 6.92 Å². The normalized spacial score (nSPS) is 17.8. The third kappa shape index (κ3) is 2.31. The van der Waals surface area contributed by atoms with E-state index in [9.17, 15) is 9.90 Å². The first-order valence-electron chi connectivity index (χ1n) is 5.73. The number of benzene rings is 1. The standard InChI is InChI=1S/C13H16ClNO2/c1-3-13(17)7-15(8-13)12(16)11-6-10(14)5-4-9(11)2/h4-6,17H,3,7-8H2,1-2H3. The number of rotatable bonds is 2. The quantitative estimate of drug-likeness (QED) is 0.878. The molecule has 4 heteroatoms. The molecular weight excluding hydrogens is 238 g/mol. The molecule has 0 aromatic heterocycles. The largest absolute Gasteiger partial charge is 0.386 e. The molecule has 0 saturated carbocycles. The van der Waals surface area contributed by atoms with Gasteiger partial charge >= 0.3 is 0 Å². The number of carbonyl (C=O) groups excluding carboxylic acids is 1. The Kier molecular flexibility index (Phi) is 3.15. The van der Waals surface area contributed by atoms with Gasteiger partial charge < -0.3 is 10.0 Å². The van der Waals surface area contributed by atoms with Crippen molar-refractivity contribution in [3.63, 3.8) is 0 Å². The minimum Gasteiger partial charge on any atom is -0.386 e. The summed E-state index contributed by atoms with van der Waals surface area (Å²) in [5, 5.41) is 10.4. The Labute approximate surface area is 106 Å². The van der Waals surface area contributed by atoms with Gasteiger partial charge in [-0.05, 0) is 31.0 Å². The summed E-state index contributed by atoms with van der Waals surface area (Å²) < 4.78 is 0. The number of amides is 1. The van der Waals surface area contributed by atoms with Crippen LogP contribution in [0.2, 0.25) is 5.02 Å². The number of carbonyl (C=O) groups is 1. The number of likely N-dealkylation sites (tertiary alicyclic amines) is 1. The topological polar surface area (TPSA) is 40.5 Å². The molecule has 0 atom stereocenters. The second-order valence-corrected chi connectivity index (χ2v) is 5.13. The van der Waals surface area contributed by atoms with Crippen molar-refractivity contribution < 1.29 is 9.90 Å². The van der Waals surface area contributed by atoms with E-state index in [1.165, 1.54) is 0 Å². The van der Waals surface area contributed by atoms with E-state index in [1.54, 1.807) is 17.0 Å². The zero-order chi connectivity index (χ0) is 12.6. The van der Waals surface area contributed by atoms with Crippen molar-refractivity contribution in [3.8, 4) is 0 Å². The monoisotopic (exact) mass is 253 g/mol. The van der Waals surface area contributed by atoms with Gasteiger partial charge in [-0.1, -0.05) is 24.6 Å². The van der Waals surface area contributed by atoms with Gasteiger partial charge in [0.2, 0.25) is 0 Å². The Morgan fingerprint density at radius 1 is 1.53 bits per heavy atom. The van der Waals surface area contributed by atoms with Crippen molar-refractivity contribution in [2.24, 2.45) is 0 Å². The van der Waals surface area contributed by atoms with Crippen molar-refractivity contribution in [3.05, 3.63) is 34.3 Å². The van der Waals surface area contributed by atoms with Crippen LogP contribution in [-0.2, 0) is 0 Å². The molecule has 0 spiro atoms. The smallest absolute Gasteiger partial charge is 0.254 e. The Hall–Kier alpha value is -1.06. The van der Waals surface area contributed by atoms with E-state index in [0.29, 0.717) is 30.1 Å². The molecule has 1 N–H and O–H groups in total. The van der Waals surface area contributed by atoms with Crippen LogP contribution < -0.4 is 0 Å². The molecule has 1 fully saturated rings. The van der Waals surface area contributed by atoms with Crippen molar-refractivity contribution in [2.75, 3.05) is 13.1 Å². The van der Waals surface area contributed by atoms with Crippen LogP contribution in [0.1, 0.15) is 29.3 Å². The SMILES string of the molecule is CCC1(O)CN(C(=O)c2cc(Cl)ccc2C)C1. The molecule has 3 nitrogen and oxygen atoms in total. The molecule has 0 bridgehead atoms. The van der Waals surface area contributed by atoms with E-state index >= 15 is 0 Å². The van der Waals surface area contributed by atoms with Crippen LogP contribution >= 0.6 is 11.6 Å². The average Bonchev–Trinajstić information content (AvgIpc) is 2.27. The number of β-amino-alcohol motifs (C(OH)–C–C–N with tert-alkyl or cyclic N) is 1. The molecule has 17 heavy (non-hydrogen) atoms. The van der Waals surface area contributed by atoms with Crippen LogP contribution in [0.25, 0.3) is 0 Å². The van der Waals surface area contributed by atoms with Gasteiger partial charge in [-0.15, -0.1) is 0 Å². The number of hydrogen-bond donors (Lipinski definition) is 1. The molecule has 1 aliphatic heterocycles. The summed E-state index contributed by atoms with van der Waals surface area (Å²) in [5.74, 6) is -0.0527. The maximum atomic E-state index is 12.2. The summed E-state index contributed by atoms with van der Waals surface area (Å²) in [5.41, 5.74) is 0.837. The number of aryl methyl sites for hydroxylation is 1. The minimum atomic E-state index is -0.692. The van der Waals surface area contributed by atoms with Gasteiger partial charge in [-0.2, -0.15) is 0 Å². The third-order valence-corrected chi connectivity index (χ3v) is 3.58. The fourth-order valence-corrected chi connectivity index (χ4v) is 2.20. The van der Waals surface area contributed by atoms with E-state index < -0.39 is 5.60 Å². The van der Waals surface area contributed by atoms with Gasteiger partial charge in [-0.25, -0.2) is 0 Å². The highest BCUT2D eigenvalue weighted by Crippen LogP contribution is 2.27. The molecule has 0 aliphatic carbocycles. The number of nitrogens with zero attached hydrogens (tertiary/aromatic N) is 1. The summed E-state index contributed by atoms with van der Waals surface area (Å²) >= 11 is 5.89. The van der Waals surface area contributed by atoms with E-state index in [0.717, 1.165) is 5.56 Å². The Bertz CT molecular complexity index is 453. The first-order valence-corrected chi connectivity index (χ1v) is 6.11. The number of halogens is 1. The van der Waals surface area contributed by atoms with Gasteiger partial charge in [0.05, 0.1) is 18.7 Å². The van der Waals surface area contributed by atoms with Crippen LogP contribution in [0.5, 0.6) is 0 Å². The molecular formula is C13H16ClNO2. The fourth-order valence-electron chi connectivity index (χ4n) is 2.03. The lowest BCUT2D eigenvalue weighted by molar-refractivity contribution is -0.0826. The molecule has 2 rings (SSSR count). The highest BCUT2D eigenvalue weighted by Gasteiger charge is 2.42. The van der Waals surface area contributed by atoms with E-state index in [2.05, 4.69) is 0 Å². The fraction of sp³-hybridized carbons (Fsp3) is 0.462. The average molecular weight is 254 g/mol. The molecule has 0 unspecified atom stereocenters. The second kappa shape index (κ2) is 4.31. The van der Waals surface area contributed by atoms with Gasteiger partial charge in [0.1, 0.15) is 0 Å². The number of hydrogen-bond acceptors (Lipinski definition) is 2. The summed E-state index contributed by atoms with van der Waals surface area (Å²) in [6.45, 7) is 4.63. The van der Waals surface area contributed by atoms with Crippen molar-refractivity contribution >= 4 is 17.5 Å². The summed E-state index contributed by atoms with van der Waals surface area (Å²) in [4.78, 5) is 13.8. The lowest BCUT2D eigenvalue weighted by Gasteiger charge is -2.46. The molecule has 1 aromatic rings. The maximum absolute atomic E-state index is 12.2. The third-order valence-electron chi connectivity index (χ3n) is 3.35. The predicted molar refractivity (Wildman–Crippen MR) is 67.3 cm³/mol. The Morgan fingerprint density at radius 3 is 2.76 bits per heavy atom. The molecule has 1 heterocycles. The summed E-state index contributed by atoms with van der Waals surface area (Å²) in [6, 6.07) is 5.29. The second-order valence-electron chi connectivity index (χ2n) is 4.70. The van der Waals surface area contributed by atoms with E-state index in [-0.39, 0.29) is 5.91 Å². The van der Waals surface area contributed by atoms with Crippen molar-refractivity contribution in [2.45, 2.75) is 25.9 Å². The van der Waals surface area contributed by atoms with Crippen molar-refractivity contribution in [1.29, 1.82) is 0 Å². The van der Waals surface area contributed by atoms with Gasteiger partial charge in [0, 0.05) is 10.6 Å². The number of aliphatic hydroxyl groups is 1. The van der Waals surface area contributed by atoms with Crippen LogP contribution in [0.4, 0.5) is 0 Å².